The first-order valence-electron chi connectivity index (χ1n) is 15.6. The highest BCUT2D eigenvalue weighted by Crippen LogP contribution is 2.71. The largest absolute Gasteiger partial charge is 0.460 e. The molecule has 236 valence electrons. The van der Waals surface area contributed by atoms with Crippen molar-refractivity contribution in [3.05, 3.63) is 34.4 Å². The normalized spacial score (nSPS) is 42.4. The van der Waals surface area contributed by atoms with Gasteiger partial charge in [-0.15, -0.1) is 0 Å². The number of aliphatic hydroxyl groups is 5. The Bertz CT molecular complexity index is 1180. The molecule has 5 rings (SSSR count). The topological polar surface area (TPSA) is 167 Å². The molecule has 1 aromatic rings. The second-order valence-electron chi connectivity index (χ2n) is 14.0. The van der Waals surface area contributed by atoms with Gasteiger partial charge in [0.05, 0.1) is 23.6 Å². The van der Waals surface area contributed by atoms with Crippen molar-refractivity contribution in [2.24, 2.45) is 22.7 Å². The summed E-state index contributed by atoms with van der Waals surface area (Å²) in [5.74, 6) is -0.778. The fraction of sp³-hybridized carbons (Fsp3) is 0.812. The van der Waals surface area contributed by atoms with Crippen LogP contribution in [0.3, 0.4) is 0 Å². The zero-order chi connectivity index (χ0) is 30.7. The van der Waals surface area contributed by atoms with Gasteiger partial charge in [-0.3, -0.25) is 0 Å². The molecule has 0 bridgehead atoms. The average molecular weight is 593 g/mol. The van der Waals surface area contributed by atoms with Crippen LogP contribution in [0.2, 0.25) is 0 Å². The van der Waals surface area contributed by atoms with E-state index in [-0.39, 0.29) is 34.2 Å². The molecule has 4 saturated carbocycles. The second-order valence-corrected chi connectivity index (χ2v) is 14.0. The SMILES string of the molecule is CCO[C@]12CC[C@H](OC(=O)[C@H](O)[C@H](O)[C@@H](O)[C@H](C)O)C[C@@]1(C)CC[C@@H]1[C@@H]2CC[C@]2(C)[C@@H](c3ccc(=O)oc3)CC[C@]12O. The Morgan fingerprint density at radius 1 is 1.00 bits per heavy atom. The van der Waals surface area contributed by atoms with Gasteiger partial charge < -0.3 is 39.4 Å². The summed E-state index contributed by atoms with van der Waals surface area (Å²) in [5.41, 5.74) is -1.53. The van der Waals surface area contributed by atoms with Crippen molar-refractivity contribution < 1.29 is 44.2 Å². The molecule has 4 aliphatic carbocycles. The van der Waals surface area contributed by atoms with Crippen LogP contribution in [0.4, 0.5) is 0 Å². The first kappa shape index (κ1) is 31.6. The zero-order valence-electron chi connectivity index (χ0n) is 25.2. The monoisotopic (exact) mass is 592 g/mol. The predicted octanol–water partition coefficient (Wildman–Crippen LogP) is 2.42. The third-order valence-corrected chi connectivity index (χ3v) is 12.0. The van der Waals surface area contributed by atoms with Gasteiger partial charge in [0.2, 0.25) is 0 Å². The highest BCUT2D eigenvalue weighted by atomic mass is 16.6. The van der Waals surface area contributed by atoms with E-state index < -0.39 is 47.7 Å². The van der Waals surface area contributed by atoms with Gasteiger partial charge in [-0.1, -0.05) is 13.8 Å². The minimum Gasteiger partial charge on any atom is -0.460 e. The Hall–Kier alpha value is -1.82. The minimum atomic E-state index is -1.98. The Morgan fingerprint density at radius 2 is 1.71 bits per heavy atom. The molecule has 1 heterocycles. The Morgan fingerprint density at radius 3 is 2.36 bits per heavy atom. The van der Waals surface area contributed by atoms with E-state index in [2.05, 4.69) is 13.8 Å². The molecule has 12 atom stereocenters. The molecule has 4 fully saturated rings. The maximum atomic E-state index is 12.7. The van der Waals surface area contributed by atoms with E-state index in [1.54, 1.807) is 6.26 Å². The molecular formula is C32H48O10. The van der Waals surface area contributed by atoms with Gasteiger partial charge in [-0.05, 0) is 101 Å². The number of hydrogen-bond acceptors (Lipinski definition) is 10. The van der Waals surface area contributed by atoms with Gasteiger partial charge in [-0.2, -0.15) is 0 Å². The molecule has 10 heteroatoms. The number of carbonyl (C=O) groups is 1. The number of hydrogen-bond donors (Lipinski definition) is 5. The molecule has 0 aromatic carbocycles. The summed E-state index contributed by atoms with van der Waals surface area (Å²) in [6, 6.07) is 3.29. The molecule has 42 heavy (non-hydrogen) atoms. The van der Waals surface area contributed by atoms with Crippen molar-refractivity contribution in [3.8, 4) is 0 Å². The summed E-state index contributed by atoms with van der Waals surface area (Å²) < 4.78 is 17.6. The molecule has 5 N–H and O–H groups in total. The van der Waals surface area contributed by atoms with E-state index in [1.807, 2.05) is 13.0 Å². The fourth-order valence-electron chi connectivity index (χ4n) is 9.79. The maximum Gasteiger partial charge on any atom is 0.338 e. The number of esters is 1. The molecule has 0 saturated heterocycles. The zero-order valence-corrected chi connectivity index (χ0v) is 25.2. The predicted molar refractivity (Wildman–Crippen MR) is 151 cm³/mol. The Kier molecular flexibility index (Phi) is 8.48. The van der Waals surface area contributed by atoms with Gasteiger partial charge in [0, 0.05) is 23.5 Å². The lowest BCUT2D eigenvalue weighted by molar-refractivity contribution is -0.278. The molecule has 4 aliphatic rings. The molecule has 10 nitrogen and oxygen atoms in total. The summed E-state index contributed by atoms with van der Waals surface area (Å²) in [5, 5.41) is 52.4. The van der Waals surface area contributed by atoms with Crippen LogP contribution < -0.4 is 5.63 Å². The highest BCUT2D eigenvalue weighted by molar-refractivity contribution is 5.75. The fourth-order valence-corrected chi connectivity index (χ4v) is 9.79. The summed E-state index contributed by atoms with van der Waals surface area (Å²) in [6.45, 7) is 8.15. The maximum absolute atomic E-state index is 12.7. The molecule has 0 amide bonds. The third-order valence-electron chi connectivity index (χ3n) is 12.0. The molecule has 0 unspecified atom stereocenters. The molecular weight excluding hydrogens is 544 g/mol. The van der Waals surface area contributed by atoms with Crippen molar-refractivity contribution in [1.29, 1.82) is 0 Å². The summed E-state index contributed by atoms with van der Waals surface area (Å²) in [7, 11) is 0. The summed E-state index contributed by atoms with van der Waals surface area (Å²) in [6.07, 6.45) is 0.631. The first-order valence-corrected chi connectivity index (χ1v) is 15.6. The Balaban J connectivity index is 1.36. The minimum absolute atomic E-state index is 0.0367. The van der Waals surface area contributed by atoms with Crippen LogP contribution in [-0.2, 0) is 14.3 Å². The number of rotatable bonds is 8. The van der Waals surface area contributed by atoms with Gasteiger partial charge in [0.15, 0.2) is 6.10 Å². The van der Waals surface area contributed by atoms with Crippen LogP contribution in [0.1, 0.15) is 97.0 Å². The van der Waals surface area contributed by atoms with E-state index >= 15 is 0 Å². The molecule has 0 aliphatic heterocycles. The molecule has 1 aromatic heterocycles. The van der Waals surface area contributed by atoms with Crippen LogP contribution in [0.15, 0.2) is 27.6 Å². The Labute approximate surface area is 247 Å². The first-order chi connectivity index (χ1) is 19.7. The van der Waals surface area contributed by atoms with Crippen molar-refractivity contribution in [2.45, 2.75) is 133 Å². The van der Waals surface area contributed by atoms with Crippen LogP contribution in [0.5, 0.6) is 0 Å². The van der Waals surface area contributed by atoms with Crippen LogP contribution >= 0.6 is 0 Å². The molecule has 0 radical (unpaired) electrons. The number of ether oxygens (including phenoxy) is 2. The standard InChI is InChI=1S/C32H48O10/c1-5-41-32-15-8-20(42-28(38)27(37)26(36)25(35)18(2)33)16-29(32,3)12-9-22-23(32)10-13-30(4)21(11-14-31(22,30)39)19-6-7-24(34)40-17-19/h6-7,17-18,20-23,25-27,33,35-37,39H,5,8-16H2,1-4H3/t18-,20-,21+,22+,23-,25-,26+,27+,29+,30+,31-,32-/m0/s1. The quantitative estimate of drug-likeness (QED) is 0.283. The highest BCUT2D eigenvalue weighted by Gasteiger charge is 2.71. The van der Waals surface area contributed by atoms with Crippen molar-refractivity contribution >= 4 is 5.97 Å². The lowest BCUT2D eigenvalue weighted by atomic mass is 9.42. The van der Waals surface area contributed by atoms with Crippen molar-refractivity contribution in [1.82, 2.24) is 0 Å². The van der Waals surface area contributed by atoms with E-state index in [0.29, 0.717) is 32.3 Å². The van der Waals surface area contributed by atoms with Gasteiger partial charge in [0.25, 0.3) is 0 Å². The summed E-state index contributed by atoms with van der Waals surface area (Å²) in [4.78, 5) is 24.3. The lowest BCUT2D eigenvalue weighted by Crippen LogP contribution is -2.69. The van der Waals surface area contributed by atoms with Gasteiger partial charge >= 0.3 is 11.6 Å². The van der Waals surface area contributed by atoms with Gasteiger partial charge in [-0.25, -0.2) is 9.59 Å². The average Bonchev–Trinajstić information content (AvgIpc) is 3.23. The van der Waals surface area contributed by atoms with Crippen LogP contribution in [-0.4, -0.2) is 79.8 Å². The second kappa shape index (κ2) is 11.3. The van der Waals surface area contributed by atoms with E-state index in [9.17, 15) is 35.1 Å². The number of aliphatic hydroxyl groups excluding tert-OH is 4. The van der Waals surface area contributed by atoms with Crippen LogP contribution in [0.25, 0.3) is 0 Å². The molecule has 0 spiro atoms. The number of fused-ring (bicyclic) bond motifs is 5. The van der Waals surface area contributed by atoms with E-state index in [1.165, 1.54) is 13.0 Å². The van der Waals surface area contributed by atoms with Gasteiger partial charge in [0.1, 0.15) is 18.3 Å². The number of carbonyl (C=O) groups excluding carboxylic acids is 1. The third kappa shape index (κ3) is 4.77. The lowest BCUT2D eigenvalue weighted by Gasteiger charge is -2.67. The van der Waals surface area contributed by atoms with Crippen molar-refractivity contribution in [3.63, 3.8) is 0 Å². The van der Waals surface area contributed by atoms with E-state index in [0.717, 1.165) is 37.7 Å². The van der Waals surface area contributed by atoms with Crippen molar-refractivity contribution in [2.75, 3.05) is 6.61 Å². The van der Waals surface area contributed by atoms with E-state index in [4.69, 9.17) is 13.9 Å². The van der Waals surface area contributed by atoms with Crippen LogP contribution in [0, 0.1) is 22.7 Å². The smallest absolute Gasteiger partial charge is 0.338 e. The summed E-state index contributed by atoms with van der Waals surface area (Å²) >= 11 is 0.